The van der Waals surface area contributed by atoms with E-state index in [4.69, 9.17) is 0 Å². The summed E-state index contributed by atoms with van der Waals surface area (Å²) in [6, 6.07) is 6.94. The molecular formula is C14H19N3O2S. The van der Waals surface area contributed by atoms with Gasteiger partial charge >= 0.3 is 0 Å². The molecule has 6 heteroatoms. The molecule has 0 saturated heterocycles. The molecule has 0 fully saturated rings. The standard InChI is InChI=1S/C14H19N3O2S/c1-10(2)12-5-7-13(8-6-12)20(18,19)16-14-9-15-17(4)11(14)3/h5-10,16H,1-4H3. The van der Waals surface area contributed by atoms with Crippen molar-refractivity contribution in [2.75, 3.05) is 4.72 Å². The molecule has 0 aliphatic heterocycles. The van der Waals surface area contributed by atoms with Crippen LogP contribution in [0.15, 0.2) is 35.4 Å². The molecule has 20 heavy (non-hydrogen) atoms. The van der Waals surface area contributed by atoms with Gasteiger partial charge < -0.3 is 0 Å². The van der Waals surface area contributed by atoms with Crippen LogP contribution in [0.3, 0.4) is 0 Å². The molecule has 1 N–H and O–H groups in total. The first kappa shape index (κ1) is 14.6. The van der Waals surface area contributed by atoms with Crippen LogP contribution in [-0.2, 0) is 17.1 Å². The molecule has 0 aliphatic rings. The van der Waals surface area contributed by atoms with Gasteiger partial charge in [-0.2, -0.15) is 5.10 Å². The van der Waals surface area contributed by atoms with Crippen LogP contribution < -0.4 is 4.72 Å². The highest BCUT2D eigenvalue weighted by molar-refractivity contribution is 7.92. The predicted octanol–water partition coefficient (Wildman–Crippen LogP) is 2.65. The Bertz CT molecular complexity index is 701. The van der Waals surface area contributed by atoms with Crippen LogP contribution in [0.25, 0.3) is 0 Å². The number of nitrogens with zero attached hydrogens (tertiary/aromatic N) is 2. The van der Waals surface area contributed by atoms with Crippen molar-refractivity contribution in [1.29, 1.82) is 0 Å². The molecule has 108 valence electrons. The van der Waals surface area contributed by atoms with Crippen molar-refractivity contribution in [3.8, 4) is 0 Å². The highest BCUT2D eigenvalue weighted by atomic mass is 32.2. The Morgan fingerprint density at radius 3 is 2.25 bits per heavy atom. The van der Waals surface area contributed by atoms with Gasteiger partial charge in [0.2, 0.25) is 0 Å². The smallest absolute Gasteiger partial charge is 0.262 e. The van der Waals surface area contributed by atoms with E-state index in [9.17, 15) is 8.42 Å². The lowest BCUT2D eigenvalue weighted by molar-refractivity contribution is 0.601. The van der Waals surface area contributed by atoms with Crippen LogP contribution in [0.1, 0.15) is 31.0 Å². The fraction of sp³-hybridized carbons (Fsp3) is 0.357. The number of rotatable bonds is 4. The molecule has 1 heterocycles. The van der Waals surface area contributed by atoms with Gasteiger partial charge in [-0.25, -0.2) is 8.42 Å². The summed E-state index contributed by atoms with van der Waals surface area (Å²) in [6.45, 7) is 5.95. The zero-order valence-corrected chi connectivity index (χ0v) is 12.9. The molecule has 0 bridgehead atoms. The Labute approximate surface area is 119 Å². The monoisotopic (exact) mass is 293 g/mol. The summed E-state index contributed by atoms with van der Waals surface area (Å²) in [5.41, 5.74) is 2.38. The lowest BCUT2D eigenvalue weighted by atomic mass is 10.0. The number of nitrogens with one attached hydrogen (secondary N) is 1. The van der Waals surface area contributed by atoms with Gasteiger partial charge in [0.05, 0.1) is 22.5 Å². The average molecular weight is 293 g/mol. The zero-order chi connectivity index (χ0) is 14.9. The van der Waals surface area contributed by atoms with E-state index in [0.717, 1.165) is 11.3 Å². The predicted molar refractivity (Wildman–Crippen MR) is 79.3 cm³/mol. The molecule has 0 aliphatic carbocycles. The van der Waals surface area contributed by atoms with Crippen molar-refractivity contribution in [2.24, 2.45) is 7.05 Å². The summed E-state index contributed by atoms with van der Waals surface area (Å²) in [4.78, 5) is 0.255. The third-order valence-corrected chi connectivity index (χ3v) is 4.72. The molecule has 0 radical (unpaired) electrons. The Morgan fingerprint density at radius 2 is 1.80 bits per heavy atom. The van der Waals surface area contributed by atoms with Gasteiger partial charge in [-0.15, -0.1) is 0 Å². The van der Waals surface area contributed by atoms with Gasteiger partial charge in [-0.3, -0.25) is 9.40 Å². The minimum Gasteiger partial charge on any atom is -0.276 e. The summed E-state index contributed by atoms with van der Waals surface area (Å²) in [5, 5.41) is 4.02. The summed E-state index contributed by atoms with van der Waals surface area (Å²) in [7, 11) is -1.80. The maximum atomic E-state index is 12.3. The van der Waals surface area contributed by atoms with Crippen LogP contribution in [0.5, 0.6) is 0 Å². The SMILES string of the molecule is Cc1c(NS(=O)(=O)c2ccc(C(C)C)cc2)cnn1C. The summed E-state index contributed by atoms with van der Waals surface area (Å²) >= 11 is 0. The number of benzene rings is 1. The first-order valence-electron chi connectivity index (χ1n) is 6.42. The Morgan fingerprint density at radius 1 is 1.20 bits per heavy atom. The highest BCUT2D eigenvalue weighted by Crippen LogP contribution is 2.21. The van der Waals surface area contributed by atoms with E-state index in [1.165, 1.54) is 6.20 Å². The third kappa shape index (κ3) is 2.85. The molecule has 2 rings (SSSR count). The van der Waals surface area contributed by atoms with E-state index in [2.05, 4.69) is 23.7 Å². The van der Waals surface area contributed by atoms with Crippen molar-refractivity contribution < 1.29 is 8.42 Å². The van der Waals surface area contributed by atoms with Gasteiger partial charge in [0.25, 0.3) is 10.0 Å². The first-order valence-corrected chi connectivity index (χ1v) is 7.91. The van der Waals surface area contributed by atoms with Crippen molar-refractivity contribution in [2.45, 2.75) is 31.6 Å². The number of aryl methyl sites for hydroxylation is 1. The van der Waals surface area contributed by atoms with E-state index in [1.54, 1.807) is 23.9 Å². The van der Waals surface area contributed by atoms with Crippen LogP contribution in [-0.4, -0.2) is 18.2 Å². The van der Waals surface area contributed by atoms with E-state index in [1.807, 2.05) is 19.1 Å². The lowest BCUT2D eigenvalue weighted by Gasteiger charge is -2.09. The largest absolute Gasteiger partial charge is 0.276 e. The second-order valence-electron chi connectivity index (χ2n) is 5.10. The molecule has 0 saturated carbocycles. The quantitative estimate of drug-likeness (QED) is 0.942. The molecule has 0 spiro atoms. The van der Waals surface area contributed by atoms with Crippen molar-refractivity contribution in [3.05, 3.63) is 41.7 Å². The van der Waals surface area contributed by atoms with Gasteiger partial charge in [-0.05, 0) is 30.5 Å². The number of hydrogen-bond donors (Lipinski definition) is 1. The first-order chi connectivity index (χ1) is 9.31. The molecule has 0 amide bonds. The Hall–Kier alpha value is -1.82. The normalized spacial score (nSPS) is 11.8. The van der Waals surface area contributed by atoms with E-state index in [0.29, 0.717) is 11.6 Å². The number of anilines is 1. The lowest BCUT2D eigenvalue weighted by Crippen LogP contribution is -2.13. The van der Waals surface area contributed by atoms with E-state index < -0.39 is 10.0 Å². The summed E-state index contributed by atoms with van der Waals surface area (Å²) < 4.78 is 28.8. The van der Waals surface area contributed by atoms with Crippen LogP contribution in [0.4, 0.5) is 5.69 Å². The molecule has 1 aromatic carbocycles. The summed E-state index contributed by atoms with van der Waals surface area (Å²) in [6.07, 6.45) is 1.51. The van der Waals surface area contributed by atoms with Gasteiger partial charge in [0.1, 0.15) is 0 Å². The molecule has 5 nitrogen and oxygen atoms in total. The minimum atomic E-state index is -3.57. The second-order valence-corrected chi connectivity index (χ2v) is 6.78. The zero-order valence-electron chi connectivity index (χ0n) is 12.1. The van der Waals surface area contributed by atoms with Crippen LogP contribution in [0.2, 0.25) is 0 Å². The molecule has 2 aromatic rings. The molecule has 0 atom stereocenters. The molecule has 1 aromatic heterocycles. The Balaban J connectivity index is 2.28. The van der Waals surface area contributed by atoms with Crippen LogP contribution >= 0.6 is 0 Å². The van der Waals surface area contributed by atoms with E-state index in [-0.39, 0.29) is 4.90 Å². The number of hydrogen-bond acceptors (Lipinski definition) is 3. The number of sulfonamides is 1. The van der Waals surface area contributed by atoms with Gasteiger partial charge in [0.15, 0.2) is 0 Å². The second kappa shape index (κ2) is 5.28. The molecule has 0 unspecified atom stereocenters. The fourth-order valence-electron chi connectivity index (χ4n) is 1.83. The van der Waals surface area contributed by atoms with Crippen molar-refractivity contribution in [1.82, 2.24) is 9.78 Å². The van der Waals surface area contributed by atoms with Crippen molar-refractivity contribution in [3.63, 3.8) is 0 Å². The maximum Gasteiger partial charge on any atom is 0.262 e. The highest BCUT2D eigenvalue weighted by Gasteiger charge is 2.16. The topological polar surface area (TPSA) is 64.0 Å². The Kier molecular flexibility index (Phi) is 3.85. The molecular weight excluding hydrogens is 274 g/mol. The van der Waals surface area contributed by atoms with Gasteiger partial charge in [0, 0.05) is 7.05 Å². The van der Waals surface area contributed by atoms with E-state index >= 15 is 0 Å². The third-order valence-electron chi connectivity index (χ3n) is 3.34. The minimum absolute atomic E-state index is 0.255. The number of aromatic nitrogens is 2. The van der Waals surface area contributed by atoms with Gasteiger partial charge in [-0.1, -0.05) is 26.0 Å². The summed E-state index contributed by atoms with van der Waals surface area (Å²) in [5.74, 6) is 0.375. The average Bonchev–Trinajstić information content (AvgIpc) is 2.70. The van der Waals surface area contributed by atoms with Crippen LogP contribution in [0, 0.1) is 6.92 Å². The van der Waals surface area contributed by atoms with Crippen molar-refractivity contribution >= 4 is 15.7 Å². The fourth-order valence-corrected chi connectivity index (χ4v) is 2.94. The maximum absolute atomic E-state index is 12.3.